The third-order valence-electron chi connectivity index (χ3n) is 2.71. The van der Waals surface area contributed by atoms with Crippen LogP contribution >= 0.6 is 0 Å². The SMILES string of the molecule is Cn1cc(S(=O)(=O)N2CC(CC(=O)O)C2)cn1. The first-order valence-corrected chi connectivity index (χ1v) is 6.54. The van der Waals surface area contributed by atoms with Crippen molar-refractivity contribution in [3.05, 3.63) is 12.4 Å². The standard InChI is InChI=1S/C9H13N3O4S/c1-11-6-8(3-10-11)17(15,16)12-4-7(5-12)2-9(13)14/h3,6-7H,2,4-5H2,1H3,(H,13,14). The van der Waals surface area contributed by atoms with Gasteiger partial charge >= 0.3 is 5.97 Å². The summed E-state index contributed by atoms with van der Waals surface area (Å²) in [6.45, 7) is 0.535. The number of aryl methyl sites for hydroxylation is 1. The average Bonchev–Trinajstić information content (AvgIpc) is 2.57. The fourth-order valence-corrected chi connectivity index (χ4v) is 3.35. The molecule has 17 heavy (non-hydrogen) atoms. The molecular weight excluding hydrogens is 246 g/mol. The van der Waals surface area contributed by atoms with Crippen LogP contribution in [-0.4, -0.2) is 46.7 Å². The van der Waals surface area contributed by atoms with Gasteiger partial charge in [0.2, 0.25) is 10.0 Å². The van der Waals surface area contributed by atoms with Crippen LogP contribution in [0.15, 0.2) is 17.3 Å². The maximum Gasteiger partial charge on any atom is 0.303 e. The lowest BCUT2D eigenvalue weighted by atomic mass is 10.00. The van der Waals surface area contributed by atoms with E-state index in [1.54, 1.807) is 7.05 Å². The van der Waals surface area contributed by atoms with E-state index in [1.165, 1.54) is 21.4 Å². The van der Waals surface area contributed by atoms with Crippen molar-refractivity contribution >= 4 is 16.0 Å². The highest BCUT2D eigenvalue weighted by atomic mass is 32.2. The number of nitrogens with zero attached hydrogens (tertiary/aromatic N) is 3. The highest BCUT2D eigenvalue weighted by Crippen LogP contribution is 2.26. The molecule has 0 unspecified atom stereocenters. The molecule has 0 saturated carbocycles. The molecule has 0 spiro atoms. The predicted octanol–water partition coefficient (Wildman–Crippen LogP) is -0.485. The van der Waals surface area contributed by atoms with Crippen molar-refractivity contribution in [2.24, 2.45) is 13.0 Å². The summed E-state index contributed by atoms with van der Waals surface area (Å²) in [5, 5.41) is 12.4. The van der Waals surface area contributed by atoms with Gasteiger partial charge in [0.25, 0.3) is 0 Å². The molecule has 0 atom stereocenters. The van der Waals surface area contributed by atoms with Crippen molar-refractivity contribution in [3.8, 4) is 0 Å². The molecular formula is C9H13N3O4S. The molecule has 0 amide bonds. The van der Waals surface area contributed by atoms with Gasteiger partial charge in [0.15, 0.2) is 0 Å². The number of carboxylic acid groups (broad SMARTS) is 1. The zero-order valence-corrected chi connectivity index (χ0v) is 10.1. The van der Waals surface area contributed by atoms with Crippen LogP contribution in [0, 0.1) is 5.92 Å². The number of hydrogen-bond acceptors (Lipinski definition) is 4. The molecule has 0 radical (unpaired) electrons. The Morgan fingerprint density at radius 3 is 2.71 bits per heavy atom. The van der Waals surface area contributed by atoms with E-state index >= 15 is 0 Å². The summed E-state index contributed by atoms with van der Waals surface area (Å²) in [6, 6.07) is 0. The molecule has 1 aromatic rings. The van der Waals surface area contributed by atoms with E-state index in [0.29, 0.717) is 0 Å². The van der Waals surface area contributed by atoms with Gasteiger partial charge in [0, 0.05) is 26.3 Å². The summed E-state index contributed by atoms with van der Waals surface area (Å²) < 4.78 is 26.7. The lowest BCUT2D eigenvalue weighted by Gasteiger charge is -2.36. The molecule has 94 valence electrons. The van der Waals surface area contributed by atoms with Gasteiger partial charge in [-0.1, -0.05) is 0 Å². The Labute approximate surface area is 98.7 Å². The molecule has 7 nitrogen and oxygen atoms in total. The van der Waals surface area contributed by atoms with E-state index in [-0.39, 0.29) is 30.3 Å². The van der Waals surface area contributed by atoms with Crippen LogP contribution < -0.4 is 0 Å². The van der Waals surface area contributed by atoms with Crippen LogP contribution in [0.2, 0.25) is 0 Å². The van der Waals surface area contributed by atoms with Crippen LogP contribution in [-0.2, 0) is 21.9 Å². The Bertz CT molecular complexity index is 530. The highest BCUT2D eigenvalue weighted by molar-refractivity contribution is 7.89. The number of rotatable bonds is 4. The zero-order chi connectivity index (χ0) is 12.6. The van der Waals surface area contributed by atoms with Crippen molar-refractivity contribution in [1.82, 2.24) is 14.1 Å². The molecule has 0 aromatic carbocycles. The number of hydrogen-bond donors (Lipinski definition) is 1. The van der Waals surface area contributed by atoms with Crippen molar-refractivity contribution < 1.29 is 18.3 Å². The van der Waals surface area contributed by atoms with Crippen molar-refractivity contribution in [2.45, 2.75) is 11.3 Å². The van der Waals surface area contributed by atoms with Gasteiger partial charge in [0.1, 0.15) is 4.90 Å². The minimum atomic E-state index is -3.49. The van der Waals surface area contributed by atoms with E-state index < -0.39 is 16.0 Å². The first-order chi connectivity index (χ1) is 7.89. The minimum absolute atomic E-state index is 0.0130. The third-order valence-corrected chi connectivity index (χ3v) is 4.49. The molecule has 8 heteroatoms. The number of carboxylic acids is 1. The Kier molecular flexibility index (Phi) is 2.92. The maximum absolute atomic E-state index is 12.0. The Morgan fingerprint density at radius 2 is 2.24 bits per heavy atom. The molecule has 2 rings (SSSR count). The summed E-state index contributed by atoms with van der Waals surface area (Å²) in [5.74, 6) is -0.979. The van der Waals surface area contributed by atoms with Gasteiger partial charge in [-0.2, -0.15) is 9.40 Å². The van der Waals surface area contributed by atoms with Gasteiger partial charge in [0.05, 0.1) is 12.6 Å². The molecule has 1 aromatic heterocycles. The van der Waals surface area contributed by atoms with E-state index in [0.717, 1.165) is 0 Å². The van der Waals surface area contributed by atoms with E-state index in [1.807, 2.05) is 0 Å². The molecule has 1 fully saturated rings. The number of aromatic nitrogens is 2. The summed E-state index contributed by atoms with van der Waals surface area (Å²) in [7, 11) is -1.85. The lowest BCUT2D eigenvalue weighted by molar-refractivity contribution is -0.139. The normalized spacial score (nSPS) is 17.9. The maximum atomic E-state index is 12.0. The lowest BCUT2D eigenvalue weighted by Crippen LogP contribution is -2.50. The van der Waals surface area contributed by atoms with Crippen LogP contribution in [0.1, 0.15) is 6.42 Å². The second kappa shape index (κ2) is 4.11. The van der Waals surface area contributed by atoms with Crippen molar-refractivity contribution in [1.29, 1.82) is 0 Å². The quantitative estimate of drug-likeness (QED) is 0.788. The first-order valence-electron chi connectivity index (χ1n) is 5.10. The summed E-state index contributed by atoms with van der Waals surface area (Å²) in [6.07, 6.45) is 2.73. The Balaban J connectivity index is 2.03. The van der Waals surface area contributed by atoms with Gasteiger partial charge < -0.3 is 5.11 Å². The van der Waals surface area contributed by atoms with E-state index in [9.17, 15) is 13.2 Å². The van der Waals surface area contributed by atoms with Gasteiger partial charge in [-0.25, -0.2) is 8.42 Å². The summed E-state index contributed by atoms with van der Waals surface area (Å²) in [5.41, 5.74) is 0. The average molecular weight is 259 g/mol. The largest absolute Gasteiger partial charge is 0.481 e. The third kappa shape index (κ3) is 2.32. The molecule has 1 N–H and O–H groups in total. The van der Waals surface area contributed by atoms with Crippen LogP contribution in [0.4, 0.5) is 0 Å². The number of aliphatic carboxylic acids is 1. The van der Waals surface area contributed by atoms with Gasteiger partial charge in [-0.05, 0) is 5.92 Å². The molecule has 0 aliphatic carbocycles. The number of carbonyl (C=O) groups is 1. The molecule has 1 aliphatic rings. The molecule has 2 heterocycles. The van der Waals surface area contributed by atoms with E-state index in [2.05, 4.69) is 5.10 Å². The first kappa shape index (κ1) is 12.1. The smallest absolute Gasteiger partial charge is 0.303 e. The monoisotopic (exact) mass is 259 g/mol. The van der Waals surface area contributed by atoms with Gasteiger partial charge in [-0.3, -0.25) is 9.48 Å². The minimum Gasteiger partial charge on any atom is -0.481 e. The summed E-state index contributed by atoms with van der Waals surface area (Å²) in [4.78, 5) is 10.6. The molecule has 1 aliphatic heterocycles. The summed E-state index contributed by atoms with van der Waals surface area (Å²) >= 11 is 0. The second-order valence-corrected chi connectivity index (χ2v) is 6.07. The van der Waals surface area contributed by atoms with Crippen molar-refractivity contribution in [3.63, 3.8) is 0 Å². The topological polar surface area (TPSA) is 92.5 Å². The van der Waals surface area contributed by atoms with Crippen LogP contribution in [0.5, 0.6) is 0 Å². The predicted molar refractivity (Wildman–Crippen MR) is 57.7 cm³/mol. The Morgan fingerprint density at radius 1 is 1.59 bits per heavy atom. The van der Waals surface area contributed by atoms with Crippen LogP contribution in [0.25, 0.3) is 0 Å². The van der Waals surface area contributed by atoms with Crippen LogP contribution in [0.3, 0.4) is 0 Å². The Hall–Kier alpha value is -1.41. The second-order valence-electron chi connectivity index (χ2n) is 4.14. The molecule has 1 saturated heterocycles. The van der Waals surface area contributed by atoms with E-state index in [4.69, 9.17) is 5.11 Å². The van der Waals surface area contributed by atoms with Crippen molar-refractivity contribution in [2.75, 3.05) is 13.1 Å². The zero-order valence-electron chi connectivity index (χ0n) is 9.28. The molecule has 0 bridgehead atoms. The van der Waals surface area contributed by atoms with Gasteiger partial charge in [-0.15, -0.1) is 0 Å². The number of sulfonamides is 1. The highest BCUT2D eigenvalue weighted by Gasteiger charge is 2.38. The fourth-order valence-electron chi connectivity index (χ4n) is 1.78. The fraction of sp³-hybridized carbons (Fsp3) is 0.556.